The van der Waals surface area contributed by atoms with Crippen LogP contribution in [0.5, 0.6) is 0 Å². The topological polar surface area (TPSA) is 117 Å². The van der Waals surface area contributed by atoms with Gasteiger partial charge in [0.15, 0.2) is 5.82 Å². The van der Waals surface area contributed by atoms with Crippen LogP contribution in [-0.2, 0) is 12.7 Å². The van der Waals surface area contributed by atoms with Gasteiger partial charge >= 0.3 is 11.8 Å². The summed E-state index contributed by atoms with van der Waals surface area (Å²) in [6, 6.07) is 13.0. The largest absolute Gasteiger partial charge is 0.416 e. The third-order valence-electron chi connectivity index (χ3n) is 6.03. The van der Waals surface area contributed by atoms with E-state index in [2.05, 4.69) is 53.1 Å². The number of aromatic nitrogens is 8. The number of tetrazole rings is 1. The predicted molar refractivity (Wildman–Crippen MR) is 150 cm³/mol. The van der Waals surface area contributed by atoms with Crippen LogP contribution in [0.4, 0.5) is 13.2 Å². The highest BCUT2D eigenvalue weighted by Gasteiger charge is 2.30. The van der Waals surface area contributed by atoms with E-state index in [4.69, 9.17) is 16.0 Å². The van der Waals surface area contributed by atoms with E-state index in [1.165, 1.54) is 27.8 Å². The molecule has 0 fully saturated rings. The van der Waals surface area contributed by atoms with Crippen molar-refractivity contribution < 1.29 is 17.6 Å². The zero-order chi connectivity index (χ0) is 28.9. The van der Waals surface area contributed by atoms with Gasteiger partial charge in [0, 0.05) is 15.3 Å². The molecule has 0 aliphatic heterocycles. The molecule has 0 aliphatic rings. The van der Waals surface area contributed by atoms with Gasteiger partial charge in [0.05, 0.1) is 27.2 Å². The van der Waals surface area contributed by atoms with Crippen molar-refractivity contribution in [3.8, 4) is 28.8 Å². The molecule has 0 saturated heterocycles. The highest BCUT2D eigenvalue weighted by Crippen LogP contribution is 2.31. The Hall–Kier alpha value is -4.18. The van der Waals surface area contributed by atoms with Crippen molar-refractivity contribution in [2.45, 2.75) is 19.6 Å². The summed E-state index contributed by atoms with van der Waals surface area (Å²) in [6.45, 7) is 1.87. The number of alkyl halides is 3. The highest BCUT2D eigenvalue weighted by atomic mass is 127. The van der Waals surface area contributed by atoms with Gasteiger partial charge in [-0.25, -0.2) is 19.4 Å². The standard InChI is InChI=1S/C26H15ClF3IN8O2/c1-13-9-16(31)10-18-21(13)33-24(41-25(18)40)20-11-17(35-39(20)23-19(27)3-2-8-32-23)12-38-36-22(34-37-38)14-4-6-15(7-5-14)26(28,29)30/h2-11H,12H2,1H3. The molecular formula is C26H15ClF3IN8O2. The van der Waals surface area contributed by atoms with Crippen LogP contribution in [0.25, 0.3) is 39.7 Å². The molecule has 0 atom stereocenters. The number of hydrogen-bond donors (Lipinski definition) is 0. The maximum absolute atomic E-state index is 12.9. The first-order valence-electron chi connectivity index (χ1n) is 11.8. The van der Waals surface area contributed by atoms with Gasteiger partial charge in [0.2, 0.25) is 11.7 Å². The van der Waals surface area contributed by atoms with E-state index < -0.39 is 17.4 Å². The van der Waals surface area contributed by atoms with Crippen molar-refractivity contribution in [2.75, 3.05) is 0 Å². The summed E-state index contributed by atoms with van der Waals surface area (Å²) in [5.74, 6) is 0.416. The van der Waals surface area contributed by atoms with Gasteiger partial charge in [-0.05, 0) is 82.8 Å². The van der Waals surface area contributed by atoms with Gasteiger partial charge in [0.25, 0.3) is 0 Å². The van der Waals surface area contributed by atoms with Crippen LogP contribution in [-0.4, -0.2) is 40.0 Å². The van der Waals surface area contributed by atoms with Crippen LogP contribution in [0.3, 0.4) is 0 Å². The SMILES string of the molecule is Cc1cc(I)cc2c(=O)oc(-c3cc(Cn4nnc(-c5ccc(C(F)(F)F)cc5)n4)nn3-c3ncccc3Cl)nc12. The lowest BCUT2D eigenvalue weighted by molar-refractivity contribution is -0.137. The number of hydrogen-bond acceptors (Lipinski definition) is 8. The second-order valence-corrected chi connectivity index (χ2v) is 10.5. The molecule has 15 heteroatoms. The zero-order valence-corrected chi connectivity index (χ0v) is 23.7. The Morgan fingerprint density at radius 2 is 1.85 bits per heavy atom. The van der Waals surface area contributed by atoms with Crippen LogP contribution in [0.15, 0.2) is 70.0 Å². The van der Waals surface area contributed by atoms with Crippen LogP contribution < -0.4 is 5.63 Å². The van der Waals surface area contributed by atoms with Gasteiger partial charge in [-0.1, -0.05) is 23.7 Å². The van der Waals surface area contributed by atoms with Crippen molar-refractivity contribution >= 4 is 45.1 Å². The predicted octanol–water partition coefficient (Wildman–Crippen LogP) is 5.72. The molecule has 0 radical (unpaired) electrons. The minimum Gasteiger partial charge on any atom is -0.401 e. The highest BCUT2D eigenvalue weighted by molar-refractivity contribution is 14.1. The second kappa shape index (κ2) is 10.3. The fourth-order valence-corrected chi connectivity index (χ4v) is 5.13. The molecule has 10 nitrogen and oxygen atoms in total. The Labute approximate surface area is 246 Å². The maximum Gasteiger partial charge on any atom is 0.416 e. The Kier molecular flexibility index (Phi) is 6.81. The smallest absolute Gasteiger partial charge is 0.401 e. The lowest BCUT2D eigenvalue weighted by Gasteiger charge is -2.08. The number of halogens is 5. The third-order valence-corrected chi connectivity index (χ3v) is 6.95. The normalized spacial score (nSPS) is 11.9. The van der Waals surface area contributed by atoms with E-state index in [1.54, 1.807) is 24.3 Å². The molecule has 0 N–H and O–H groups in total. The number of rotatable bonds is 5. The summed E-state index contributed by atoms with van der Waals surface area (Å²) in [5, 5.41) is 17.5. The van der Waals surface area contributed by atoms with Gasteiger partial charge < -0.3 is 4.42 Å². The van der Waals surface area contributed by atoms with Gasteiger partial charge in [-0.2, -0.15) is 23.1 Å². The first kappa shape index (κ1) is 27.0. The summed E-state index contributed by atoms with van der Waals surface area (Å²) in [4.78, 5) is 23.1. The molecule has 206 valence electrons. The summed E-state index contributed by atoms with van der Waals surface area (Å²) in [5.41, 5.74) is 1.03. The molecule has 0 unspecified atom stereocenters. The molecule has 0 saturated carbocycles. The number of aryl methyl sites for hydroxylation is 1. The van der Waals surface area contributed by atoms with E-state index >= 15 is 0 Å². The number of fused-ring (bicyclic) bond motifs is 1. The van der Waals surface area contributed by atoms with Crippen LogP contribution >= 0.6 is 34.2 Å². The zero-order valence-electron chi connectivity index (χ0n) is 20.8. The molecule has 0 aliphatic carbocycles. The molecule has 6 aromatic rings. The first-order chi connectivity index (χ1) is 19.6. The Bertz CT molecular complexity index is 1990. The lowest BCUT2D eigenvalue weighted by Crippen LogP contribution is -2.09. The van der Waals surface area contributed by atoms with Crippen molar-refractivity contribution in [3.63, 3.8) is 0 Å². The van der Waals surface area contributed by atoms with Crippen molar-refractivity contribution in [1.29, 1.82) is 0 Å². The average molecular weight is 691 g/mol. The molecular weight excluding hydrogens is 676 g/mol. The van der Waals surface area contributed by atoms with Crippen molar-refractivity contribution in [3.05, 3.63) is 96.6 Å². The van der Waals surface area contributed by atoms with Crippen molar-refractivity contribution in [2.24, 2.45) is 0 Å². The molecule has 0 amide bonds. The van der Waals surface area contributed by atoms with Crippen LogP contribution in [0, 0.1) is 10.5 Å². The molecule has 41 heavy (non-hydrogen) atoms. The van der Waals surface area contributed by atoms with E-state index in [1.807, 2.05) is 13.0 Å². The fraction of sp³-hybridized carbons (Fsp3) is 0.115. The number of nitrogens with zero attached hydrogens (tertiary/aromatic N) is 8. The monoisotopic (exact) mass is 690 g/mol. The minimum atomic E-state index is -4.45. The summed E-state index contributed by atoms with van der Waals surface area (Å²) < 4.78 is 46.6. The number of pyridine rings is 1. The van der Waals surface area contributed by atoms with Crippen LogP contribution in [0.1, 0.15) is 16.8 Å². The minimum absolute atomic E-state index is 0.00395. The van der Waals surface area contributed by atoms with E-state index in [0.717, 1.165) is 21.3 Å². The van der Waals surface area contributed by atoms with E-state index in [9.17, 15) is 18.0 Å². The first-order valence-corrected chi connectivity index (χ1v) is 13.3. The Morgan fingerprint density at radius 3 is 2.59 bits per heavy atom. The molecule has 4 aromatic heterocycles. The third kappa shape index (κ3) is 5.31. The molecule has 6 rings (SSSR count). The Morgan fingerprint density at radius 1 is 1.07 bits per heavy atom. The van der Waals surface area contributed by atoms with E-state index in [0.29, 0.717) is 32.9 Å². The molecule has 2 aromatic carbocycles. The molecule has 4 heterocycles. The molecule has 0 spiro atoms. The maximum atomic E-state index is 12.9. The van der Waals surface area contributed by atoms with Crippen molar-refractivity contribution in [1.82, 2.24) is 40.0 Å². The van der Waals surface area contributed by atoms with E-state index in [-0.39, 0.29) is 24.1 Å². The second-order valence-electron chi connectivity index (χ2n) is 8.89. The number of benzene rings is 2. The van der Waals surface area contributed by atoms with Gasteiger partial charge in [-0.15, -0.1) is 10.2 Å². The van der Waals surface area contributed by atoms with Gasteiger partial charge in [-0.3, -0.25) is 0 Å². The fourth-order valence-electron chi connectivity index (χ4n) is 4.15. The molecule has 0 bridgehead atoms. The Balaban J connectivity index is 1.40. The van der Waals surface area contributed by atoms with Crippen LogP contribution in [0.2, 0.25) is 5.02 Å². The van der Waals surface area contributed by atoms with Gasteiger partial charge in [0.1, 0.15) is 12.2 Å². The average Bonchev–Trinajstić information content (AvgIpc) is 3.57. The summed E-state index contributed by atoms with van der Waals surface area (Å²) in [7, 11) is 0. The summed E-state index contributed by atoms with van der Waals surface area (Å²) in [6.07, 6.45) is -2.91. The lowest BCUT2D eigenvalue weighted by atomic mass is 10.1. The summed E-state index contributed by atoms with van der Waals surface area (Å²) >= 11 is 8.54. The quantitative estimate of drug-likeness (QED) is 0.211.